The first-order valence-corrected chi connectivity index (χ1v) is 6.81. The lowest BCUT2D eigenvalue weighted by Crippen LogP contribution is -2.53. The van der Waals surface area contributed by atoms with Crippen LogP contribution in [0.25, 0.3) is 0 Å². The molecule has 5 nitrogen and oxygen atoms in total. The molecule has 20 heavy (non-hydrogen) atoms. The minimum atomic E-state index is -0.400. The van der Waals surface area contributed by atoms with Crippen LogP contribution in [0.2, 0.25) is 0 Å². The topological polar surface area (TPSA) is 73.6 Å². The Hall–Kier alpha value is -1.75. The third-order valence-corrected chi connectivity index (χ3v) is 3.78. The van der Waals surface area contributed by atoms with E-state index >= 15 is 0 Å². The second kappa shape index (κ2) is 7.14. The second-order valence-corrected chi connectivity index (χ2v) is 4.68. The molecule has 1 aromatic carbocycles. The third kappa shape index (κ3) is 3.22. The molecule has 0 spiro atoms. The van der Waals surface area contributed by atoms with Crippen LogP contribution in [0.5, 0.6) is 11.5 Å². The van der Waals surface area contributed by atoms with E-state index < -0.39 is 5.54 Å². The number of nitrogens with one attached hydrogen (secondary N) is 1. The molecule has 0 fully saturated rings. The molecular weight excluding hydrogens is 256 g/mol. The summed E-state index contributed by atoms with van der Waals surface area (Å²) in [4.78, 5) is 12.6. The van der Waals surface area contributed by atoms with Gasteiger partial charge >= 0.3 is 0 Å². The van der Waals surface area contributed by atoms with E-state index in [2.05, 4.69) is 5.32 Å². The van der Waals surface area contributed by atoms with Gasteiger partial charge in [0.1, 0.15) is 17.1 Å². The predicted molar refractivity (Wildman–Crippen MR) is 79.4 cm³/mol. The molecule has 0 aliphatic carbocycles. The van der Waals surface area contributed by atoms with Crippen molar-refractivity contribution in [2.24, 2.45) is 5.73 Å². The molecule has 0 aromatic heterocycles. The number of hydrogen-bond acceptors (Lipinski definition) is 4. The van der Waals surface area contributed by atoms with Crippen LogP contribution in [0.3, 0.4) is 0 Å². The Kier molecular flexibility index (Phi) is 5.82. The van der Waals surface area contributed by atoms with Gasteiger partial charge in [0.25, 0.3) is 5.91 Å². The molecule has 112 valence electrons. The molecule has 0 radical (unpaired) electrons. The van der Waals surface area contributed by atoms with E-state index in [-0.39, 0.29) is 5.91 Å². The fraction of sp³-hybridized carbons (Fsp3) is 0.533. The highest BCUT2D eigenvalue weighted by Crippen LogP contribution is 2.29. The summed E-state index contributed by atoms with van der Waals surface area (Å²) in [7, 11) is 3.06. The van der Waals surface area contributed by atoms with E-state index in [1.165, 1.54) is 14.2 Å². The molecule has 1 rings (SSSR count). The molecule has 3 N–H and O–H groups in total. The van der Waals surface area contributed by atoms with Gasteiger partial charge in [-0.25, -0.2) is 0 Å². The minimum Gasteiger partial charge on any atom is -0.496 e. The smallest absolute Gasteiger partial charge is 0.259 e. The maximum atomic E-state index is 12.6. The van der Waals surface area contributed by atoms with Gasteiger partial charge in [0.05, 0.1) is 19.8 Å². The number of hydrogen-bond donors (Lipinski definition) is 2. The summed E-state index contributed by atoms with van der Waals surface area (Å²) in [6.45, 7) is 4.41. The lowest BCUT2D eigenvalue weighted by Gasteiger charge is -2.31. The van der Waals surface area contributed by atoms with E-state index in [9.17, 15) is 4.79 Å². The van der Waals surface area contributed by atoms with Gasteiger partial charge < -0.3 is 20.5 Å². The Labute approximate surface area is 120 Å². The Balaban J connectivity index is 3.14. The maximum absolute atomic E-state index is 12.6. The standard InChI is InChI=1S/C15H24N2O3/c1-5-15(6-2,10-16)17-14(18)13-11(19-3)8-7-9-12(13)20-4/h7-9H,5-6,10,16H2,1-4H3,(H,17,18). The van der Waals surface area contributed by atoms with Crippen molar-refractivity contribution in [3.05, 3.63) is 23.8 Å². The van der Waals surface area contributed by atoms with Gasteiger partial charge in [0.2, 0.25) is 0 Å². The number of benzene rings is 1. The Morgan fingerprint density at radius 2 is 1.70 bits per heavy atom. The molecule has 1 amide bonds. The van der Waals surface area contributed by atoms with Gasteiger partial charge in [-0.05, 0) is 25.0 Å². The molecule has 0 atom stereocenters. The second-order valence-electron chi connectivity index (χ2n) is 4.68. The first-order valence-electron chi connectivity index (χ1n) is 6.81. The van der Waals surface area contributed by atoms with Crippen molar-refractivity contribution < 1.29 is 14.3 Å². The summed E-state index contributed by atoms with van der Waals surface area (Å²) < 4.78 is 10.5. The van der Waals surface area contributed by atoms with Crippen LogP contribution in [0.4, 0.5) is 0 Å². The minimum absolute atomic E-state index is 0.228. The first-order chi connectivity index (χ1) is 9.57. The van der Waals surface area contributed by atoms with Crippen molar-refractivity contribution in [1.82, 2.24) is 5.32 Å². The van der Waals surface area contributed by atoms with Gasteiger partial charge in [-0.3, -0.25) is 4.79 Å². The number of carbonyl (C=O) groups excluding carboxylic acids is 1. The fourth-order valence-electron chi connectivity index (χ4n) is 2.14. The molecule has 0 saturated carbocycles. The zero-order chi connectivity index (χ0) is 15.2. The van der Waals surface area contributed by atoms with Crippen LogP contribution in [-0.4, -0.2) is 32.2 Å². The highest BCUT2D eigenvalue weighted by Gasteiger charge is 2.29. The number of amides is 1. The van der Waals surface area contributed by atoms with Crippen molar-refractivity contribution in [2.75, 3.05) is 20.8 Å². The molecule has 0 heterocycles. The highest BCUT2D eigenvalue weighted by atomic mass is 16.5. The molecule has 1 aromatic rings. The van der Waals surface area contributed by atoms with Crippen LogP contribution in [0.15, 0.2) is 18.2 Å². The largest absolute Gasteiger partial charge is 0.496 e. The Morgan fingerprint density at radius 1 is 1.20 bits per heavy atom. The number of ether oxygens (including phenoxy) is 2. The number of carbonyl (C=O) groups is 1. The van der Waals surface area contributed by atoms with Crippen LogP contribution in [0.1, 0.15) is 37.0 Å². The van der Waals surface area contributed by atoms with E-state index in [0.29, 0.717) is 23.6 Å². The molecule has 0 unspecified atom stereocenters. The van der Waals surface area contributed by atoms with Crippen LogP contribution >= 0.6 is 0 Å². The SMILES string of the molecule is CCC(CC)(CN)NC(=O)c1c(OC)cccc1OC. The maximum Gasteiger partial charge on any atom is 0.259 e. The van der Waals surface area contributed by atoms with Crippen molar-refractivity contribution in [3.63, 3.8) is 0 Å². The van der Waals surface area contributed by atoms with Crippen molar-refractivity contribution >= 4 is 5.91 Å². The summed E-state index contributed by atoms with van der Waals surface area (Å²) in [6.07, 6.45) is 1.53. The molecule has 5 heteroatoms. The van der Waals surface area contributed by atoms with Gasteiger partial charge in [-0.15, -0.1) is 0 Å². The number of methoxy groups -OCH3 is 2. The quantitative estimate of drug-likeness (QED) is 0.800. The summed E-state index contributed by atoms with van der Waals surface area (Å²) >= 11 is 0. The Bertz CT molecular complexity index is 426. The monoisotopic (exact) mass is 280 g/mol. The average Bonchev–Trinajstić information content (AvgIpc) is 2.51. The summed E-state index contributed by atoms with van der Waals surface area (Å²) in [5.41, 5.74) is 5.82. The zero-order valence-electron chi connectivity index (χ0n) is 12.7. The van der Waals surface area contributed by atoms with Crippen LogP contribution in [-0.2, 0) is 0 Å². The first kappa shape index (κ1) is 16.3. The van der Waals surface area contributed by atoms with Crippen LogP contribution < -0.4 is 20.5 Å². The van der Waals surface area contributed by atoms with E-state index in [1.54, 1.807) is 18.2 Å². The van der Waals surface area contributed by atoms with Gasteiger partial charge in [-0.2, -0.15) is 0 Å². The molecule has 0 aliphatic heterocycles. The summed E-state index contributed by atoms with van der Waals surface area (Å²) in [5.74, 6) is 0.744. The molecular formula is C15H24N2O3. The fourth-order valence-corrected chi connectivity index (χ4v) is 2.14. The van der Waals surface area contributed by atoms with Crippen molar-refractivity contribution in [3.8, 4) is 11.5 Å². The average molecular weight is 280 g/mol. The van der Waals surface area contributed by atoms with E-state index in [4.69, 9.17) is 15.2 Å². The lowest BCUT2D eigenvalue weighted by molar-refractivity contribution is 0.0889. The summed E-state index contributed by atoms with van der Waals surface area (Å²) in [5, 5.41) is 3.02. The van der Waals surface area contributed by atoms with Gasteiger partial charge in [0, 0.05) is 6.54 Å². The van der Waals surface area contributed by atoms with Crippen LogP contribution in [0, 0.1) is 0 Å². The lowest BCUT2D eigenvalue weighted by atomic mass is 9.92. The number of nitrogens with two attached hydrogens (primary N) is 1. The predicted octanol–water partition coefficient (Wildman–Crippen LogP) is 1.95. The normalized spacial score (nSPS) is 11.1. The molecule has 0 aliphatic rings. The molecule has 0 bridgehead atoms. The summed E-state index contributed by atoms with van der Waals surface area (Å²) in [6, 6.07) is 5.25. The van der Waals surface area contributed by atoms with Crippen molar-refractivity contribution in [2.45, 2.75) is 32.2 Å². The van der Waals surface area contributed by atoms with E-state index in [0.717, 1.165) is 12.8 Å². The Morgan fingerprint density at radius 3 is 2.05 bits per heavy atom. The molecule has 0 saturated heterocycles. The highest BCUT2D eigenvalue weighted by molar-refractivity contribution is 6.00. The van der Waals surface area contributed by atoms with Gasteiger partial charge in [-0.1, -0.05) is 19.9 Å². The zero-order valence-corrected chi connectivity index (χ0v) is 12.7. The van der Waals surface area contributed by atoms with Gasteiger partial charge in [0.15, 0.2) is 0 Å². The third-order valence-electron chi connectivity index (χ3n) is 3.78. The van der Waals surface area contributed by atoms with Crippen molar-refractivity contribution in [1.29, 1.82) is 0 Å². The number of rotatable bonds is 7. The van der Waals surface area contributed by atoms with E-state index in [1.807, 2.05) is 13.8 Å².